The molecule has 1 rings (SSSR count). The molecule has 1 unspecified atom stereocenters. The van der Waals surface area contributed by atoms with E-state index in [1.165, 1.54) is 6.42 Å². The van der Waals surface area contributed by atoms with Crippen LogP contribution in [0.4, 0.5) is 4.79 Å². The first kappa shape index (κ1) is 21.7. The molecule has 1 atom stereocenters. The van der Waals surface area contributed by atoms with E-state index in [1.54, 1.807) is 11.8 Å². The number of halogens is 1. The van der Waals surface area contributed by atoms with Crippen LogP contribution in [-0.2, 0) is 9.59 Å². The number of carbonyl (C=O) groups is 3. The number of carboxylic acid groups (broad SMARTS) is 1. The first-order valence-corrected chi connectivity index (χ1v) is 8.01. The number of rotatable bonds is 7. The summed E-state index contributed by atoms with van der Waals surface area (Å²) in [4.78, 5) is 36.3. The molecule has 7 nitrogen and oxygen atoms in total. The second-order valence-corrected chi connectivity index (χ2v) is 5.84. The first-order valence-electron chi connectivity index (χ1n) is 8.01. The average Bonchev–Trinajstić information content (AvgIpc) is 2.46. The van der Waals surface area contributed by atoms with E-state index in [4.69, 9.17) is 5.11 Å². The largest absolute Gasteiger partial charge is 0.480 e. The highest BCUT2D eigenvalue weighted by Crippen LogP contribution is 2.17. The lowest BCUT2D eigenvalue weighted by molar-refractivity contribution is -0.139. The molecule has 0 radical (unpaired) electrons. The zero-order valence-electron chi connectivity index (χ0n) is 13.8. The van der Waals surface area contributed by atoms with E-state index < -0.39 is 23.9 Å². The van der Waals surface area contributed by atoms with Crippen LogP contribution in [0.3, 0.4) is 0 Å². The van der Waals surface area contributed by atoms with Crippen molar-refractivity contribution in [2.75, 3.05) is 13.1 Å². The van der Waals surface area contributed by atoms with Gasteiger partial charge in [0.2, 0.25) is 5.91 Å². The topological polar surface area (TPSA) is 98.7 Å². The molecule has 1 saturated carbocycles. The van der Waals surface area contributed by atoms with Crippen LogP contribution in [0, 0.1) is 0 Å². The molecule has 3 amide bonds. The smallest absolute Gasteiger partial charge is 0.321 e. The molecule has 1 aliphatic carbocycles. The van der Waals surface area contributed by atoms with Crippen LogP contribution in [0.2, 0.25) is 0 Å². The second kappa shape index (κ2) is 11.2. The minimum Gasteiger partial charge on any atom is -0.480 e. The van der Waals surface area contributed by atoms with E-state index in [0.717, 1.165) is 32.1 Å². The molecule has 0 bridgehead atoms. The Morgan fingerprint density at radius 1 is 1.22 bits per heavy atom. The Bertz CT molecular complexity index is 400. The maximum atomic E-state index is 12.1. The molecule has 0 spiro atoms. The third-order valence-electron chi connectivity index (χ3n) is 3.95. The maximum absolute atomic E-state index is 12.1. The molecule has 0 aliphatic heterocycles. The molecule has 3 N–H and O–H groups in total. The fraction of sp³-hybridized carbons (Fsp3) is 0.800. The average molecular weight is 350 g/mol. The van der Waals surface area contributed by atoms with Gasteiger partial charge in [0.25, 0.3) is 0 Å². The highest BCUT2D eigenvalue weighted by Gasteiger charge is 2.25. The standard InChI is InChI=1S/C15H27N3O4.ClH/c1-3-9-18(10-13(19)20)11(2)14(21)17-15(22)16-12-7-5-4-6-8-12;/h11-12H,3-10H2,1-2H3,(H,19,20)(H2,16,17,21,22);1H. The molecule has 0 aromatic heterocycles. The number of aliphatic carboxylic acids is 1. The van der Waals surface area contributed by atoms with Gasteiger partial charge in [0.15, 0.2) is 0 Å². The molecular formula is C15H28ClN3O4. The van der Waals surface area contributed by atoms with Gasteiger partial charge in [-0.3, -0.25) is 19.8 Å². The summed E-state index contributed by atoms with van der Waals surface area (Å²) in [5.74, 6) is -1.46. The lowest BCUT2D eigenvalue weighted by Gasteiger charge is -2.27. The van der Waals surface area contributed by atoms with Gasteiger partial charge in [0.05, 0.1) is 12.6 Å². The number of carbonyl (C=O) groups excluding carboxylic acids is 2. The predicted molar refractivity (Wildman–Crippen MR) is 89.8 cm³/mol. The molecule has 8 heteroatoms. The van der Waals surface area contributed by atoms with E-state index in [2.05, 4.69) is 10.6 Å². The number of imide groups is 1. The number of hydrogen-bond acceptors (Lipinski definition) is 4. The summed E-state index contributed by atoms with van der Waals surface area (Å²) in [5, 5.41) is 14.0. The van der Waals surface area contributed by atoms with Gasteiger partial charge in [-0.25, -0.2) is 4.79 Å². The van der Waals surface area contributed by atoms with Crippen LogP contribution in [-0.4, -0.2) is 53.1 Å². The van der Waals surface area contributed by atoms with Crippen LogP contribution in [0.15, 0.2) is 0 Å². The third-order valence-corrected chi connectivity index (χ3v) is 3.95. The molecule has 23 heavy (non-hydrogen) atoms. The van der Waals surface area contributed by atoms with Crippen molar-refractivity contribution in [3.63, 3.8) is 0 Å². The van der Waals surface area contributed by atoms with Crippen LogP contribution >= 0.6 is 12.4 Å². The Hall–Kier alpha value is -1.34. The van der Waals surface area contributed by atoms with Gasteiger partial charge in [0, 0.05) is 6.04 Å². The Kier molecular flexibility index (Phi) is 10.6. The third kappa shape index (κ3) is 8.18. The van der Waals surface area contributed by atoms with Crippen LogP contribution in [0.1, 0.15) is 52.4 Å². The van der Waals surface area contributed by atoms with Crippen molar-refractivity contribution in [3.05, 3.63) is 0 Å². The highest BCUT2D eigenvalue weighted by molar-refractivity contribution is 5.97. The Balaban J connectivity index is 0.00000484. The minimum atomic E-state index is -0.986. The number of nitrogens with one attached hydrogen (secondary N) is 2. The van der Waals surface area contributed by atoms with E-state index in [-0.39, 0.29) is 25.0 Å². The zero-order chi connectivity index (χ0) is 16.5. The van der Waals surface area contributed by atoms with Crippen LogP contribution in [0.5, 0.6) is 0 Å². The fourth-order valence-corrected chi connectivity index (χ4v) is 2.72. The zero-order valence-corrected chi connectivity index (χ0v) is 14.7. The van der Waals surface area contributed by atoms with Crippen LogP contribution < -0.4 is 10.6 Å². The lowest BCUT2D eigenvalue weighted by atomic mass is 9.96. The summed E-state index contributed by atoms with van der Waals surface area (Å²) >= 11 is 0. The SMILES string of the molecule is CCCN(CC(=O)O)C(C)C(=O)NC(=O)NC1CCCCC1.Cl. The van der Waals surface area contributed by atoms with Crippen molar-refractivity contribution in [1.29, 1.82) is 0 Å². The molecule has 0 aromatic carbocycles. The second-order valence-electron chi connectivity index (χ2n) is 5.84. The molecule has 1 aliphatic rings. The number of amides is 3. The summed E-state index contributed by atoms with van der Waals surface area (Å²) in [6.45, 7) is 3.80. The number of urea groups is 1. The van der Waals surface area contributed by atoms with E-state index >= 15 is 0 Å². The van der Waals surface area contributed by atoms with Crippen molar-refractivity contribution in [1.82, 2.24) is 15.5 Å². The summed E-state index contributed by atoms with van der Waals surface area (Å²) < 4.78 is 0. The number of nitrogens with zero attached hydrogens (tertiary/aromatic N) is 1. The van der Waals surface area contributed by atoms with Gasteiger partial charge in [-0.1, -0.05) is 26.2 Å². The van der Waals surface area contributed by atoms with Gasteiger partial charge >= 0.3 is 12.0 Å². The summed E-state index contributed by atoms with van der Waals surface area (Å²) in [7, 11) is 0. The summed E-state index contributed by atoms with van der Waals surface area (Å²) in [6.07, 6.45) is 6.00. The van der Waals surface area contributed by atoms with E-state index in [1.807, 2.05) is 6.92 Å². The maximum Gasteiger partial charge on any atom is 0.321 e. The Morgan fingerprint density at radius 3 is 2.35 bits per heavy atom. The normalized spacial score (nSPS) is 16.3. The van der Waals surface area contributed by atoms with Crippen molar-refractivity contribution < 1.29 is 19.5 Å². The lowest BCUT2D eigenvalue weighted by Crippen LogP contribution is -2.52. The molecule has 0 heterocycles. The quantitative estimate of drug-likeness (QED) is 0.650. The van der Waals surface area contributed by atoms with Crippen molar-refractivity contribution in [2.24, 2.45) is 0 Å². The monoisotopic (exact) mass is 349 g/mol. The Morgan fingerprint density at radius 2 is 1.83 bits per heavy atom. The molecule has 0 aromatic rings. The van der Waals surface area contributed by atoms with Crippen molar-refractivity contribution in [3.8, 4) is 0 Å². The highest BCUT2D eigenvalue weighted by atomic mass is 35.5. The summed E-state index contributed by atoms with van der Waals surface area (Å²) in [6, 6.07) is -1.02. The van der Waals surface area contributed by atoms with Crippen LogP contribution in [0.25, 0.3) is 0 Å². The number of hydrogen-bond donors (Lipinski definition) is 3. The van der Waals surface area contributed by atoms with Gasteiger partial charge in [-0.05, 0) is 32.7 Å². The van der Waals surface area contributed by atoms with Gasteiger partial charge in [-0.15, -0.1) is 12.4 Å². The van der Waals surface area contributed by atoms with Gasteiger partial charge < -0.3 is 10.4 Å². The fourth-order valence-electron chi connectivity index (χ4n) is 2.72. The number of carboxylic acids is 1. The molecule has 134 valence electrons. The summed E-state index contributed by atoms with van der Waals surface area (Å²) in [5.41, 5.74) is 0. The first-order chi connectivity index (χ1) is 10.4. The molecule has 1 fully saturated rings. The van der Waals surface area contributed by atoms with Crippen molar-refractivity contribution >= 4 is 30.3 Å². The van der Waals surface area contributed by atoms with Gasteiger partial charge in [-0.2, -0.15) is 0 Å². The van der Waals surface area contributed by atoms with Gasteiger partial charge in [0.1, 0.15) is 0 Å². The molecular weight excluding hydrogens is 322 g/mol. The minimum absolute atomic E-state index is 0. The molecule has 0 saturated heterocycles. The van der Waals surface area contributed by atoms with Crippen molar-refractivity contribution in [2.45, 2.75) is 64.5 Å². The Labute approximate surface area is 143 Å². The predicted octanol–water partition coefficient (Wildman–Crippen LogP) is 1.75. The van der Waals surface area contributed by atoms with E-state index in [9.17, 15) is 14.4 Å². The van der Waals surface area contributed by atoms with E-state index in [0.29, 0.717) is 6.54 Å².